The van der Waals surface area contributed by atoms with Crippen LogP contribution in [-0.4, -0.2) is 38.7 Å². The molecule has 2 saturated heterocycles. The first-order valence-electron chi connectivity index (χ1n) is 25.4. The van der Waals surface area contributed by atoms with Gasteiger partial charge in [-0.1, -0.05) is 97.5 Å². The Bertz CT molecular complexity index is 2840. The topological polar surface area (TPSA) is 99.5 Å². The summed E-state index contributed by atoms with van der Waals surface area (Å²) >= 11 is 0. The van der Waals surface area contributed by atoms with Crippen LogP contribution in [0.1, 0.15) is 121 Å². The molecule has 8 nitrogen and oxygen atoms in total. The zero-order valence-electron chi connectivity index (χ0n) is 44.1. The third-order valence-corrected chi connectivity index (χ3v) is 24.3. The van der Waals surface area contributed by atoms with Gasteiger partial charge in [0.05, 0.1) is 36.1 Å². The van der Waals surface area contributed by atoms with Crippen LogP contribution < -0.4 is 14.2 Å². The van der Waals surface area contributed by atoms with Gasteiger partial charge in [0.1, 0.15) is 34.8 Å². The van der Waals surface area contributed by atoms with Crippen LogP contribution in [0.3, 0.4) is 0 Å². The number of aliphatic hydroxyl groups excluding tert-OH is 1. The summed E-state index contributed by atoms with van der Waals surface area (Å²) < 4.78 is 67.4. The van der Waals surface area contributed by atoms with E-state index in [-0.39, 0.29) is 88.4 Å². The first-order valence-corrected chi connectivity index (χ1v) is 31.2. The van der Waals surface area contributed by atoms with Gasteiger partial charge in [-0.05, 0) is 181 Å². The van der Waals surface area contributed by atoms with E-state index >= 15 is 0 Å². The van der Waals surface area contributed by atoms with Gasteiger partial charge in [-0.2, -0.15) is 0 Å². The zero-order chi connectivity index (χ0) is 53.9. The Labute approximate surface area is 443 Å². The molecular weight excluding hydrogens is 989 g/mol. The largest absolute Gasteiger partial charge is 0.544 e. The highest BCUT2D eigenvalue weighted by Gasteiger charge is 2.50. The Hall–Kier alpha value is -6.07. The second-order valence-electron chi connectivity index (χ2n) is 22.6. The summed E-state index contributed by atoms with van der Waals surface area (Å²) in [6.07, 6.45) is 0.924. The Morgan fingerprint density at radius 2 is 0.880 bits per heavy atom. The van der Waals surface area contributed by atoms with Crippen molar-refractivity contribution < 1.29 is 46.2 Å². The van der Waals surface area contributed by atoms with E-state index in [4.69, 9.17) is 8.85 Å². The lowest BCUT2D eigenvalue weighted by atomic mass is 9.78. The molecule has 2 aliphatic rings. The maximum absolute atomic E-state index is 13.8. The second kappa shape index (κ2) is 23.4. The quantitative estimate of drug-likeness (QED) is 0.0569. The van der Waals surface area contributed by atoms with Crippen LogP contribution in [0.15, 0.2) is 146 Å². The van der Waals surface area contributed by atoms with Crippen LogP contribution in [0.2, 0.25) is 36.3 Å². The van der Waals surface area contributed by atoms with Gasteiger partial charge < -0.3 is 28.9 Å². The number of benzene rings is 6. The molecule has 6 atom stereocenters. The van der Waals surface area contributed by atoms with E-state index in [1.807, 2.05) is 24.3 Å². The van der Waals surface area contributed by atoms with E-state index in [1.165, 1.54) is 60.7 Å². The first-order chi connectivity index (χ1) is 34.7. The van der Waals surface area contributed by atoms with E-state index in [0.717, 1.165) is 22.4 Å². The predicted octanol–water partition coefficient (Wildman–Crippen LogP) is 16.1. The third-order valence-electron chi connectivity index (χ3n) is 15.5. The molecule has 0 radical (unpaired) electrons. The van der Waals surface area contributed by atoms with Crippen molar-refractivity contribution in [2.75, 3.05) is 9.80 Å². The number of carbonyl (C=O) groups excluding carboxylic acids is 2. The number of hydrogen-bond acceptors (Lipinski definition) is 6. The fourth-order valence-corrected chi connectivity index (χ4v) is 11.4. The molecule has 75 heavy (non-hydrogen) atoms. The minimum absolute atomic E-state index is 0. The highest BCUT2D eigenvalue weighted by atomic mass is 28.4. The minimum atomic E-state index is -2.17. The van der Waals surface area contributed by atoms with E-state index < -0.39 is 22.7 Å². The lowest BCUT2D eigenvalue weighted by Crippen LogP contribution is -2.55. The Kier molecular flexibility index (Phi) is 18.2. The average molecular weight is 1060 g/mol. The van der Waals surface area contributed by atoms with Crippen LogP contribution in [0.4, 0.5) is 28.9 Å². The number of phenols is 1. The molecule has 2 aliphatic heterocycles. The highest BCUT2D eigenvalue weighted by molar-refractivity contribution is 6.75. The number of aromatic hydroxyl groups is 1. The molecule has 6 aromatic rings. The molecule has 2 fully saturated rings. The fraction of sp³-hybridized carbons (Fsp3) is 0.377. The molecule has 0 saturated carbocycles. The minimum Gasteiger partial charge on any atom is -0.544 e. The van der Waals surface area contributed by atoms with Crippen LogP contribution in [0.5, 0.6) is 11.5 Å². The molecule has 14 heteroatoms. The van der Waals surface area contributed by atoms with Crippen molar-refractivity contribution in [3.63, 3.8) is 0 Å². The van der Waals surface area contributed by atoms with Crippen molar-refractivity contribution in [3.05, 3.63) is 191 Å². The summed E-state index contributed by atoms with van der Waals surface area (Å²) in [6, 6.07) is 38.2. The molecule has 400 valence electrons. The van der Waals surface area contributed by atoms with E-state index in [0.29, 0.717) is 42.6 Å². The number of aliphatic hydroxyl groups is 1. The summed E-state index contributed by atoms with van der Waals surface area (Å²) in [5, 5.41) is 20.1. The van der Waals surface area contributed by atoms with Crippen LogP contribution in [0.25, 0.3) is 0 Å². The molecule has 2 amide bonds. The van der Waals surface area contributed by atoms with Crippen molar-refractivity contribution in [3.8, 4) is 11.5 Å². The summed E-state index contributed by atoms with van der Waals surface area (Å²) in [5.41, 5.74) is 4.63. The summed E-state index contributed by atoms with van der Waals surface area (Å²) in [4.78, 5) is 30.1. The van der Waals surface area contributed by atoms with Crippen molar-refractivity contribution in [1.82, 2.24) is 0 Å². The van der Waals surface area contributed by atoms with E-state index in [9.17, 15) is 37.4 Å². The Morgan fingerprint density at radius 3 is 1.28 bits per heavy atom. The molecule has 0 bridgehead atoms. The molecule has 0 unspecified atom stereocenters. The van der Waals surface area contributed by atoms with Crippen LogP contribution in [-0.2, 0) is 14.0 Å². The number of β-lactam (4-membered cyclic amide) rings is 2. The van der Waals surface area contributed by atoms with Crippen molar-refractivity contribution in [2.45, 2.75) is 135 Å². The highest BCUT2D eigenvalue weighted by Crippen LogP contribution is 2.50. The van der Waals surface area contributed by atoms with Crippen molar-refractivity contribution in [1.29, 1.82) is 0 Å². The molecule has 6 aromatic carbocycles. The molecule has 2 N–H and O–H groups in total. The zero-order valence-corrected chi connectivity index (χ0v) is 46.1. The smallest absolute Gasteiger partial charge is 0.250 e. The number of amides is 2. The number of phenolic OH excluding ortho intramolecular Hbond substituents is 1. The van der Waals surface area contributed by atoms with Gasteiger partial charge in [0, 0.05) is 11.4 Å². The van der Waals surface area contributed by atoms with Gasteiger partial charge in [-0.25, -0.2) is 17.6 Å². The monoisotopic (exact) mass is 1060 g/mol. The average Bonchev–Trinajstić information content (AvgIpc) is 3.34. The summed E-state index contributed by atoms with van der Waals surface area (Å²) in [6.45, 7) is 22.1. The second-order valence-corrected chi connectivity index (χ2v) is 32.1. The Morgan fingerprint density at radius 1 is 0.520 bits per heavy atom. The van der Waals surface area contributed by atoms with E-state index in [1.54, 1.807) is 70.5 Å². The molecule has 2 heterocycles. The number of rotatable bonds is 16. The number of halogens is 4. The van der Waals surface area contributed by atoms with Gasteiger partial charge in [-0.15, -0.1) is 0 Å². The van der Waals surface area contributed by atoms with Gasteiger partial charge >= 0.3 is 0 Å². The van der Waals surface area contributed by atoms with E-state index in [2.05, 4.69) is 67.7 Å². The fourth-order valence-electron chi connectivity index (χ4n) is 9.08. The SMILES string of the molecule is C.CC(C)(C)[Si](C)(C)Oc1ccc([C@@H]2[C@@H](CC[C@H](O[Si](C)(C)C(C)(C)C)c3ccc(F)cc3)C(=O)N2c2ccc(F)cc2)cc1.O=C1[C@H](CC[C@H](O)c2ccc(F)cc2)[C@@H](c2ccc(O)cc2)N1c1ccc(F)cc1. The van der Waals surface area contributed by atoms with Gasteiger partial charge in [0.25, 0.3) is 0 Å². The molecule has 0 aromatic heterocycles. The van der Waals surface area contributed by atoms with Crippen molar-refractivity contribution in [2.24, 2.45) is 11.8 Å². The van der Waals surface area contributed by atoms with Crippen LogP contribution in [0, 0.1) is 35.1 Å². The lowest BCUT2D eigenvalue weighted by Gasteiger charge is -2.48. The number of anilines is 2. The maximum atomic E-state index is 13.8. The van der Waals surface area contributed by atoms with Gasteiger partial charge in [0.2, 0.25) is 20.1 Å². The standard InChI is InChI=1S/C36H49F2NO3Si2.C24H21F2NO3.CH4/c1-35(2,3)43(7,8)41-30-21-13-26(14-22-30)33-31(34(40)39(33)29-19-17-28(38)18-20-29)23-24-32(25-11-15-27(37)16-12-25)42-44(9,10)36(4,5)6;25-17-5-1-15(2-6-17)22(29)14-13-21-23(16-3-11-20(28)12-4-16)27(24(21)30)19-9-7-18(26)8-10-19;/h11-22,31-33H,23-24H2,1-10H3;1-12,21-23,28-29H,13-14H2;1H4/t31-,32+,33-;21-,22+,23-;/m11./s1. The molecule has 0 aliphatic carbocycles. The van der Waals surface area contributed by atoms with Crippen LogP contribution >= 0.6 is 0 Å². The summed E-state index contributed by atoms with van der Waals surface area (Å²) in [7, 11) is -4.18. The molecular formula is C61H74F4N2O6Si2. The van der Waals surface area contributed by atoms with Gasteiger partial charge in [0.15, 0.2) is 8.32 Å². The normalized spacial score (nSPS) is 18.7. The maximum Gasteiger partial charge on any atom is 0.250 e. The summed E-state index contributed by atoms with van der Waals surface area (Å²) in [5.74, 6) is -1.17. The molecule has 0 spiro atoms. The first kappa shape index (κ1) is 58.2. The number of nitrogens with zero attached hydrogens (tertiary/aromatic N) is 2. The predicted molar refractivity (Wildman–Crippen MR) is 297 cm³/mol. The molecule has 8 rings (SSSR count). The number of hydrogen-bond donors (Lipinski definition) is 2. The Balaban J connectivity index is 0.000000257. The lowest BCUT2D eigenvalue weighted by molar-refractivity contribution is -0.131. The van der Waals surface area contributed by atoms with Crippen molar-refractivity contribution >= 4 is 39.8 Å². The number of carbonyl (C=O) groups is 2. The van der Waals surface area contributed by atoms with Gasteiger partial charge in [-0.3, -0.25) is 9.59 Å². The third kappa shape index (κ3) is 13.5.